The van der Waals surface area contributed by atoms with E-state index < -0.39 is 11.4 Å². The van der Waals surface area contributed by atoms with Crippen molar-refractivity contribution >= 4 is 11.4 Å². The fraction of sp³-hybridized carbons (Fsp3) is 0.625. The van der Waals surface area contributed by atoms with Gasteiger partial charge in [0.05, 0.1) is 5.69 Å². The van der Waals surface area contributed by atoms with Gasteiger partial charge < -0.3 is 0 Å². The third kappa shape index (κ3) is 2.88. The van der Waals surface area contributed by atoms with Crippen molar-refractivity contribution in [2.24, 2.45) is 0 Å². The van der Waals surface area contributed by atoms with E-state index in [1.807, 2.05) is 13.8 Å². The molecule has 4 nitrogen and oxygen atoms in total. The van der Waals surface area contributed by atoms with E-state index in [0.29, 0.717) is 6.54 Å². The number of halogens is 1. The zero-order valence-corrected chi connectivity index (χ0v) is 9.13. The summed E-state index contributed by atoms with van der Waals surface area (Å²) >= 11 is -2.49. The first-order valence-electron chi connectivity index (χ1n) is 4.51. The molecule has 0 radical (unpaired) electrons. The molecule has 0 aliphatic carbocycles. The summed E-state index contributed by atoms with van der Waals surface area (Å²) < 4.78 is 23.7. The molecule has 14 heavy (non-hydrogen) atoms. The number of imidazole rings is 1. The summed E-state index contributed by atoms with van der Waals surface area (Å²) in [7, 11) is 0. The fourth-order valence-corrected chi connectivity index (χ4v) is 1.51. The van der Waals surface area contributed by atoms with Gasteiger partial charge in [0.1, 0.15) is 6.33 Å². The van der Waals surface area contributed by atoms with Gasteiger partial charge in [-0.2, -0.15) is 4.21 Å². The minimum atomic E-state index is -2.49. The lowest BCUT2D eigenvalue weighted by Gasteiger charge is -2.15. The standard InChI is InChI=1S/C8H14FN3OS/c1-3-11(4-2)5-8-6-12(7-10-8)14(9)13/h6-7H,3-5H2,1-2H3. The van der Waals surface area contributed by atoms with Crippen LogP contribution in [0.3, 0.4) is 0 Å². The summed E-state index contributed by atoms with van der Waals surface area (Å²) in [5, 5.41) is 0. The Labute approximate surface area is 85.6 Å². The third-order valence-corrected chi connectivity index (χ3v) is 2.59. The molecule has 0 N–H and O–H groups in total. The molecule has 0 saturated heterocycles. The number of aromatic nitrogens is 2. The number of hydrogen-bond donors (Lipinski definition) is 0. The van der Waals surface area contributed by atoms with Crippen LogP contribution >= 0.6 is 0 Å². The Kier molecular flexibility index (Phi) is 4.21. The fourth-order valence-electron chi connectivity index (χ4n) is 1.18. The van der Waals surface area contributed by atoms with Crippen molar-refractivity contribution in [1.29, 1.82) is 0 Å². The minimum Gasteiger partial charge on any atom is -0.298 e. The van der Waals surface area contributed by atoms with Crippen LogP contribution in [0.2, 0.25) is 0 Å². The van der Waals surface area contributed by atoms with Crippen molar-refractivity contribution in [3.8, 4) is 0 Å². The minimum absolute atomic E-state index is 0.664. The zero-order chi connectivity index (χ0) is 10.6. The highest BCUT2D eigenvalue weighted by molar-refractivity contribution is 7.78. The van der Waals surface area contributed by atoms with Gasteiger partial charge in [0, 0.05) is 12.7 Å². The van der Waals surface area contributed by atoms with Crippen molar-refractivity contribution < 1.29 is 8.09 Å². The lowest BCUT2D eigenvalue weighted by Crippen LogP contribution is -2.22. The summed E-state index contributed by atoms with van der Waals surface area (Å²) in [5.41, 5.74) is 0.736. The Balaban J connectivity index is 2.63. The molecule has 0 bridgehead atoms. The van der Waals surface area contributed by atoms with Crippen LogP contribution in [0.1, 0.15) is 19.5 Å². The molecule has 0 fully saturated rings. The smallest absolute Gasteiger partial charge is 0.298 e. The van der Waals surface area contributed by atoms with Gasteiger partial charge in [-0.15, -0.1) is 3.89 Å². The second-order valence-corrected chi connectivity index (χ2v) is 3.73. The van der Waals surface area contributed by atoms with E-state index in [0.717, 1.165) is 22.8 Å². The first-order valence-corrected chi connectivity index (χ1v) is 5.51. The van der Waals surface area contributed by atoms with Crippen LogP contribution in [0.5, 0.6) is 0 Å². The van der Waals surface area contributed by atoms with Crippen LogP contribution < -0.4 is 0 Å². The highest BCUT2D eigenvalue weighted by atomic mass is 32.2. The topological polar surface area (TPSA) is 38.1 Å². The van der Waals surface area contributed by atoms with Crippen LogP contribution in [0, 0.1) is 0 Å². The highest BCUT2D eigenvalue weighted by Gasteiger charge is 2.06. The Morgan fingerprint density at radius 1 is 1.57 bits per heavy atom. The molecule has 1 heterocycles. The molecule has 1 rings (SSSR count). The molecule has 1 unspecified atom stereocenters. The average molecular weight is 219 g/mol. The van der Waals surface area contributed by atoms with E-state index >= 15 is 0 Å². The van der Waals surface area contributed by atoms with Gasteiger partial charge in [0.15, 0.2) is 0 Å². The van der Waals surface area contributed by atoms with Gasteiger partial charge in [-0.05, 0) is 13.1 Å². The zero-order valence-electron chi connectivity index (χ0n) is 8.31. The van der Waals surface area contributed by atoms with Crippen molar-refractivity contribution in [1.82, 2.24) is 13.9 Å². The lowest BCUT2D eigenvalue weighted by atomic mass is 10.4. The molecule has 6 heteroatoms. The van der Waals surface area contributed by atoms with Crippen molar-refractivity contribution in [2.45, 2.75) is 20.4 Å². The third-order valence-electron chi connectivity index (χ3n) is 2.06. The van der Waals surface area contributed by atoms with Crippen LogP contribution in [-0.2, 0) is 17.9 Å². The van der Waals surface area contributed by atoms with Gasteiger partial charge in [0.25, 0.3) is 0 Å². The van der Waals surface area contributed by atoms with Crippen LogP contribution in [0.4, 0.5) is 3.89 Å². The number of rotatable bonds is 5. The molecule has 1 aromatic rings. The molecule has 0 aliphatic heterocycles. The SMILES string of the molecule is CCN(CC)Cc1cn(S(=O)F)cn1. The first kappa shape index (κ1) is 11.3. The summed E-state index contributed by atoms with van der Waals surface area (Å²) in [6, 6.07) is 0. The summed E-state index contributed by atoms with van der Waals surface area (Å²) in [5.74, 6) is 0. The summed E-state index contributed by atoms with van der Waals surface area (Å²) in [4.78, 5) is 6.11. The lowest BCUT2D eigenvalue weighted by molar-refractivity contribution is 0.292. The predicted octanol–water partition coefficient (Wildman–Crippen LogP) is 1.12. The predicted molar refractivity (Wildman–Crippen MR) is 53.5 cm³/mol. The van der Waals surface area contributed by atoms with Crippen LogP contribution in [-0.4, -0.2) is 31.2 Å². The number of hydrogen-bond acceptors (Lipinski definition) is 3. The van der Waals surface area contributed by atoms with E-state index in [4.69, 9.17) is 0 Å². The molecule has 0 aromatic carbocycles. The van der Waals surface area contributed by atoms with E-state index in [-0.39, 0.29) is 0 Å². The monoisotopic (exact) mass is 219 g/mol. The second kappa shape index (κ2) is 5.21. The average Bonchev–Trinajstić information content (AvgIpc) is 2.62. The van der Waals surface area contributed by atoms with Gasteiger partial charge in [-0.3, -0.25) is 4.90 Å². The van der Waals surface area contributed by atoms with E-state index in [2.05, 4.69) is 9.88 Å². The Bertz CT molecular complexity index is 311. The summed E-state index contributed by atoms with van der Waals surface area (Å²) in [6.45, 7) is 6.60. The Morgan fingerprint density at radius 3 is 2.64 bits per heavy atom. The van der Waals surface area contributed by atoms with E-state index in [9.17, 15) is 8.09 Å². The van der Waals surface area contributed by atoms with Crippen LogP contribution in [0.15, 0.2) is 12.5 Å². The molecule has 80 valence electrons. The summed E-state index contributed by atoms with van der Waals surface area (Å²) in [6.07, 6.45) is 2.71. The number of nitrogens with zero attached hydrogens (tertiary/aromatic N) is 3. The first-order chi connectivity index (χ1) is 6.67. The van der Waals surface area contributed by atoms with Gasteiger partial charge in [-0.1, -0.05) is 13.8 Å². The van der Waals surface area contributed by atoms with E-state index in [1.165, 1.54) is 12.5 Å². The maximum Gasteiger partial charge on any atom is 0.309 e. The molecule has 1 atom stereocenters. The molecular formula is C8H14FN3OS. The maximum atomic E-state index is 12.3. The van der Waals surface area contributed by atoms with Crippen LogP contribution in [0.25, 0.3) is 0 Å². The molecule has 0 amide bonds. The van der Waals surface area contributed by atoms with Crippen molar-refractivity contribution in [3.05, 3.63) is 18.2 Å². The van der Waals surface area contributed by atoms with Gasteiger partial charge >= 0.3 is 11.4 Å². The maximum absolute atomic E-state index is 12.3. The van der Waals surface area contributed by atoms with Gasteiger partial charge in [0.2, 0.25) is 0 Å². The molecule has 0 spiro atoms. The quantitative estimate of drug-likeness (QED) is 0.697. The Hall–Kier alpha value is -0.750. The molecule has 0 saturated carbocycles. The highest BCUT2D eigenvalue weighted by Crippen LogP contribution is 2.03. The van der Waals surface area contributed by atoms with Crippen molar-refractivity contribution in [2.75, 3.05) is 13.1 Å². The van der Waals surface area contributed by atoms with E-state index in [1.54, 1.807) is 0 Å². The molecule has 0 aliphatic rings. The molecule has 1 aromatic heterocycles. The van der Waals surface area contributed by atoms with Crippen molar-refractivity contribution in [3.63, 3.8) is 0 Å². The largest absolute Gasteiger partial charge is 0.309 e. The Morgan fingerprint density at radius 2 is 2.21 bits per heavy atom. The van der Waals surface area contributed by atoms with Gasteiger partial charge in [-0.25, -0.2) is 8.96 Å². The normalized spacial score (nSPS) is 13.4. The molecular weight excluding hydrogens is 205 g/mol. The second-order valence-electron chi connectivity index (χ2n) is 2.89.